The van der Waals surface area contributed by atoms with Gasteiger partial charge in [0.05, 0.1) is 25.9 Å². The fourth-order valence-electron chi connectivity index (χ4n) is 4.04. The molecule has 0 spiro atoms. The Morgan fingerprint density at radius 3 is 2.66 bits per heavy atom. The maximum atomic E-state index is 13.3. The van der Waals surface area contributed by atoms with Crippen LogP contribution in [-0.2, 0) is 27.4 Å². The number of ether oxygens (including phenoxy) is 2. The Kier molecular flexibility index (Phi) is 8.05. The summed E-state index contributed by atoms with van der Waals surface area (Å²) in [6.07, 6.45) is 5.07. The van der Waals surface area contributed by atoms with Crippen LogP contribution in [-0.4, -0.2) is 70.1 Å². The number of hydrogen-bond acceptors (Lipinski definition) is 5. The highest BCUT2D eigenvalue weighted by Crippen LogP contribution is 2.26. The van der Waals surface area contributed by atoms with Gasteiger partial charge in [0.2, 0.25) is 11.8 Å². The van der Waals surface area contributed by atoms with E-state index in [2.05, 4.69) is 4.98 Å². The minimum absolute atomic E-state index is 0.0627. The largest absolute Gasteiger partial charge is 0.490 e. The number of nitrogens with zero attached hydrogens (tertiary/aromatic N) is 4. The number of rotatable bonds is 9. The van der Waals surface area contributed by atoms with Gasteiger partial charge in [0.25, 0.3) is 0 Å². The van der Waals surface area contributed by atoms with Gasteiger partial charge in [0.1, 0.15) is 24.5 Å². The van der Waals surface area contributed by atoms with E-state index in [0.717, 1.165) is 5.56 Å². The molecule has 1 atom stereocenters. The molecule has 3 aromatic rings. The van der Waals surface area contributed by atoms with Crippen molar-refractivity contribution in [3.63, 3.8) is 0 Å². The van der Waals surface area contributed by atoms with Crippen LogP contribution in [0.2, 0.25) is 5.02 Å². The Balaban J connectivity index is 1.48. The first-order valence-electron chi connectivity index (χ1n) is 11.5. The molecule has 1 saturated heterocycles. The minimum Gasteiger partial charge on any atom is -0.490 e. The molecular formula is C26H29ClN4O4. The van der Waals surface area contributed by atoms with Crippen LogP contribution in [0.5, 0.6) is 5.75 Å². The van der Waals surface area contributed by atoms with E-state index in [4.69, 9.17) is 21.1 Å². The fourth-order valence-corrected chi connectivity index (χ4v) is 4.17. The maximum Gasteiger partial charge on any atom is 0.242 e. The van der Waals surface area contributed by atoms with Crippen LogP contribution in [0, 0.1) is 0 Å². The highest BCUT2D eigenvalue weighted by molar-refractivity contribution is 6.30. The molecule has 1 unspecified atom stereocenters. The fraction of sp³-hybridized carbons (Fsp3) is 0.346. The standard InChI is InChI=1S/C26H29ClN4O4/c1-29(16-21-5-3-2-4-6-21)24(32)15-26(19-34-23-9-7-22(27)8-10-23)18-31(13-14-35-26)25(33)17-30-12-11-28-20-30/h2-12,20H,13-19H2,1H3. The Morgan fingerprint density at radius 2 is 1.94 bits per heavy atom. The van der Waals surface area contributed by atoms with Gasteiger partial charge in [-0.25, -0.2) is 4.98 Å². The van der Waals surface area contributed by atoms with E-state index in [1.54, 1.807) is 64.4 Å². The summed E-state index contributed by atoms with van der Waals surface area (Å²) >= 11 is 5.99. The minimum atomic E-state index is -0.982. The number of imidazole rings is 1. The molecule has 0 bridgehead atoms. The molecule has 8 nitrogen and oxygen atoms in total. The second kappa shape index (κ2) is 11.4. The quantitative estimate of drug-likeness (QED) is 0.454. The van der Waals surface area contributed by atoms with Crippen molar-refractivity contribution < 1.29 is 19.1 Å². The average molecular weight is 497 g/mol. The lowest BCUT2D eigenvalue weighted by atomic mass is 9.96. The van der Waals surface area contributed by atoms with E-state index in [-0.39, 0.29) is 37.9 Å². The van der Waals surface area contributed by atoms with Gasteiger partial charge in [-0.1, -0.05) is 41.9 Å². The lowest BCUT2D eigenvalue weighted by Gasteiger charge is -2.42. The van der Waals surface area contributed by atoms with Crippen LogP contribution < -0.4 is 4.74 Å². The van der Waals surface area contributed by atoms with Crippen LogP contribution >= 0.6 is 11.6 Å². The molecular weight excluding hydrogens is 468 g/mol. The smallest absolute Gasteiger partial charge is 0.242 e. The number of carbonyl (C=O) groups is 2. The molecule has 9 heteroatoms. The molecule has 0 radical (unpaired) electrons. The van der Waals surface area contributed by atoms with Crippen molar-refractivity contribution in [3.05, 3.63) is 83.9 Å². The molecule has 1 fully saturated rings. The summed E-state index contributed by atoms with van der Waals surface area (Å²) in [5.41, 5.74) is 0.0568. The molecule has 0 N–H and O–H groups in total. The molecule has 4 rings (SSSR count). The van der Waals surface area contributed by atoms with Crippen LogP contribution in [0.15, 0.2) is 73.3 Å². The zero-order valence-corrected chi connectivity index (χ0v) is 20.4. The predicted molar refractivity (Wildman–Crippen MR) is 132 cm³/mol. The first-order chi connectivity index (χ1) is 16.9. The summed E-state index contributed by atoms with van der Waals surface area (Å²) in [5, 5.41) is 0.606. The number of hydrogen-bond donors (Lipinski definition) is 0. The summed E-state index contributed by atoms with van der Waals surface area (Å²) in [6, 6.07) is 16.8. The zero-order chi connectivity index (χ0) is 24.7. The lowest BCUT2D eigenvalue weighted by molar-refractivity contribution is -0.166. The van der Waals surface area contributed by atoms with Crippen molar-refractivity contribution in [1.29, 1.82) is 0 Å². The first kappa shape index (κ1) is 24.8. The van der Waals surface area contributed by atoms with Gasteiger partial charge in [0.15, 0.2) is 0 Å². The number of benzene rings is 2. The van der Waals surface area contributed by atoms with Crippen molar-refractivity contribution in [2.75, 3.05) is 33.4 Å². The van der Waals surface area contributed by atoms with Gasteiger partial charge in [-0.3, -0.25) is 9.59 Å². The average Bonchev–Trinajstić information content (AvgIpc) is 3.37. The third-order valence-corrected chi connectivity index (χ3v) is 6.21. The topological polar surface area (TPSA) is 76.9 Å². The second-order valence-corrected chi connectivity index (χ2v) is 9.17. The van der Waals surface area contributed by atoms with Crippen molar-refractivity contribution >= 4 is 23.4 Å². The SMILES string of the molecule is CN(Cc1ccccc1)C(=O)CC1(COc2ccc(Cl)cc2)CN(C(=O)Cn2ccnc2)CCO1. The molecule has 184 valence electrons. The highest BCUT2D eigenvalue weighted by atomic mass is 35.5. The summed E-state index contributed by atoms with van der Waals surface area (Å²) in [7, 11) is 1.77. The predicted octanol–water partition coefficient (Wildman–Crippen LogP) is 3.26. The Hall–Kier alpha value is -3.36. The Labute approximate surface area is 210 Å². The molecule has 2 heterocycles. The van der Waals surface area contributed by atoms with Crippen LogP contribution in [0.25, 0.3) is 0 Å². The van der Waals surface area contributed by atoms with Crippen molar-refractivity contribution in [2.45, 2.75) is 25.1 Å². The molecule has 2 aromatic carbocycles. The Morgan fingerprint density at radius 1 is 1.17 bits per heavy atom. The summed E-state index contributed by atoms with van der Waals surface area (Å²) in [4.78, 5) is 33.7. The number of morpholine rings is 1. The highest BCUT2D eigenvalue weighted by Gasteiger charge is 2.42. The third-order valence-electron chi connectivity index (χ3n) is 5.96. The number of carbonyl (C=O) groups excluding carboxylic acids is 2. The number of halogens is 1. The van der Waals surface area contributed by atoms with Gasteiger partial charge < -0.3 is 23.8 Å². The van der Waals surface area contributed by atoms with Crippen LogP contribution in [0.4, 0.5) is 0 Å². The van der Waals surface area contributed by atoms with E-state index in [9.17, 15) is 9.59 Å². The second-order valence-electron chi connectivity index (χ2n) is 8.74. The van der Waals surface area contributed by atoms with Crippen molar-refractivity contribution in [3.8, 4) is 5.75 Å². The van der Waals surface area contributed by atoms with Gasteiger partial charge in [-0.05, 0) is 29.8 Å². The Bertz CT molecular complexity index is 1110. The normalized spacial score (nSPS) is 17.7. The summed E-state index contributed by atoms with van der Waals surface area (Å²) in [5.74, 6) is 0.467. The van der Waals surface area contributed by atoms with E-state index in [0.29, 0.717) is 30.5 Å². The van der Waals surface area contributed by atoms with E-state index in [1.807, 2.05) is 30.3 Å². The summed E-state index contributed by atoms with van der Waals surface area (Å²) < 4.78 is 13.9. The lowest BCUT2D eigenvalue weighted by Crippen LogP contribution is -2.58. The third kappa shape index (κ3) is 6.83. The van der Waals surface area contributed by atoms with E-state index < -0.39 is 5.60 Å². The molecule has 2 amide bonds. The van der Waals surface area contributed by atoms with Crippen LogP contribution in [0.1, 0.15) is 12.0 Å². The zero-order valence-electron chi connectivity index (χ0n) is 19.7. The van der Waals surface area contributed by atoms with Crippen molar-refractivity contribution in [1.82, 2.24) is 19.4 Å². The number of amides is 2. The molecule has 1 aromatic heterocycles. The van der Waals surface area contributed by atoms with Gasteiger partial charge in [0, 0.05) is 37.6 Å². The van der Waals surface area contributed by atoms with Crippen LogP contribution in [0.3, 0.4) is 0 Å². The molecule has 1 aliphatic rings. The maximum absolute atomic E-state index is 13.3. The number of aromatic nitrogens is 2. The van der Waals surface area contributed by atoms with Gasteiger partial charge >= 0.3 is 0 Å². The monoisotopic (exact) mass is 496 g/mol. The van der Waals surface area contributed by atoms with E-state index >= 15 is 0 Å². The molecule has 35 heavy (non-hydrogen) atoms. The summed E-state index contributed by atoms with van der Waals surface area (Å²) in [6.45, 7) is 1.79. The van der Waals surface area contributed by atoms with Crippen molar-refractivity contribution in [2.24, 2.45) is 0 Å². The first-order valence-corrected chi connectivity index (χ1v) is 11.8. The van der Waals surface area contributed by atoms with Gasteiger partial charge in [-0.2, -0.15) is 0 Å². The van der Waals surface area contributed by atoms with E-state index in [1.165, 1.54) is 0 Å². The molecule has 1 aliphatic heterocycles. The molecule has 0 aliphatic carbocycles. The molecule has 0 saturated carbocycles. The van der Waals surface area contributed by atoms with Gasteiger partial charge in [-0.15, -0.1) is 0 Å².